The van der Waals surface area contributed by atoms with Crippen molar-refractivity contribution in [1.29, 1.82) is 0 Å². The van der Waals surface area contributed by atoms with Gasteiger partial charge in [-0.3, -0.25) is 4.57 Å². The van der Waals surface area contributed by atoms with E-state index >= 15 is 0 Å². The summed E-state index contributed by atoms with van der Waals surface area (Å²) in [7, 11) is -4.33. The number of ether oxygens (including phenoxy) is 1. The number of fused-ring (bicyclic) bond motifs is 1. The highest BCUT2D eigenvalue weighted by atomic mass is 31.2. The van der Waals surface area contributed by atoms with E-state index in [-0.39, 0.29) is 53.1 Å². The molecule has 4 aromatic carbocycles. The lowest BCUT2D eigenvalue weighted by atomic mass is 10.0. The summed E-state index contributed by atoms with van der Waals surface area (Å²) >= 11 is 0. The van der Waals surface area contributed by atoms with Gasteiger partial charge in [0, 0.05) is 16.0 Å². The Morgan fingerprint density at radius 2 is 1.00 bits per heavy atom. The van der Waals surface area contributed by atoms with E-state index in [4.69, 9.17) is 4.74 Å². The number of halogens is 12. The molecule has 0 radical (unpaired) electrons. The van der Waals surface area contributed by atoms with Crippen molar-refractivity contribution in [2.24, 2.45) is 0 Å². The Kier molecular flexibility index (Phi) is 8.28. The molecule has 0 saturated carbocycles. The molecule has 0 aliphatic heterocycles. The van der Waals surface area contributed by atoms with Gasteiger partial charge in [0.25, 0.3) is 0 Å². The highest BCUT2D eigenvalue weighted by Gasteiger charge is 2.42. The molecule has 0 atom stereocenters. The summed E-state index contributed by atoms with van der Waals surface area (Å²) in [6, 6.07) is 8.21. The van der Waals surface area contributed by atoms with Gasteiger partial charge in [-0.2, -0.15) is 52.7 Å². The minimum Gasteiger partial charge on any atom is -0.495 e. The van der Waals surface area contributed by atoms with E-state index in [9.17, 15) is 57.3 Å². The van der Waals surface area contributed by atoms with Crippen molar-refractivity contribution in [2.75, 3.05) is 7.11 Å². The molecular weight excluding hydrogens is 639 g/mol. The molecule has 0 unspecified atom stereocenters. The number of hydrogen-bond donors (Lipinski definition) is 0. The fourth-order valence-electron chi connectivity index (χ4n) is 4.20. The number of hydrogen-bond acceptors (Lipinski definition) is 2. The molecule has 0 spiro atoms. The van der Waals surface area contributed by atoms with Crippen LogP contribution in [0.2, 0.25) is 0 Å². The third-order valence-electron chi connectivity index (χ3n) is 6.32. The van der Waals surface area contributed by atoms with E-state index in [2.05, 4.69) is 5.92 Å². The van der Waals surface area contributed by atoms with Crippen LogP contribution >= 0.6 is 7.14 Å². The predicted molar refractivity (Wildman–Crippen MR) is 137 cm³/mol. The molecule has 4 aromatic rings. The van der Waals surface area contributed by atoms with Gasteiger partial charge in [0.2, 0.25) is 7.14 Å². The molecule has 0 bridgehead atoms. The summed E-state index contributed by atoms with van der Waals surface area (Å²) in [6.07, 6.45) is -22.0. The van der Waals surface area contributed by atoms with Crippen LogP contribution in [0.5, 0.6) is 5.75 Å². The standard InChI is InChI=1S/C29H15F12O2P/c1-43-25-7-6-16-4-2-3-5-23(16)24(25)8-9-44(42,21-12-17(26(30,31)32)10-18(13-21)27(33,34)35)22-14-19(28(36,37)38)11-20(15-22)29(39,40)41/h2-7,10-15H,1H3. The van der Waals surface area contributed by atoms with Crippen LogP contribution in [0.15, 0.2) is 72.8 Å². The number of benzene rings is 4. The van der Waals surface area contributed by atoms with Crippen LogP contribution in [0, 0.1) is 11.6 Å². The van der Waals surface area contributed by atoms with Crippen LogP contribution in [-0.2, 0) is 29.3 Å². The van der Waals surface area contributed by atoms with Gasteiger partial charge in [0.15, 0.2) is 0 Å². The Labute approximate surface area is 240 Å². The van der Waals surface area contributed by atoms with Gasteiger partial charge in [-0.1, -0.05) is 36.3 Å². The molecule has 0 aliphatic carbocycles. The second-order valence-electron chi connectivity index (χ2n) is 9.24. The molecule has 2 nitrogen and oxygen atoms in total. The van der Waals surface area contributed by atoms with E-state index < -0.39 is 64.7 Å². The Morgan fingerprint density at radius 1 is 0.591 bits per heavy atom. The maximum Gasteiger partial charge on any atom is 0.416 e. The van der Waals surface area contributed by atoms with Crippen molar-refractivity contribution in [3.8, 4) is 17.3 Å². The first-order chi connectivity index (χ1) is 20.1. The fourth-order valence-corrected chi connectivity index (χ4v) is 6.31. The van der Waals surface area contributed by atoms with Gasteiger partial charge < -0.3 is 4.74 Å². The van der Waals surface area contributed by atoms with E-state index in [0.717, 1.165) is 0 Å². The summed E-state index contributed by atoms with van der Waals surface area (Å²) < 4.78 is 184. The summed E-state index contributed by atoms with van der Waals surface area (Å²) in [4.78, 5) is 0. The first kappa shape index (κ1) is 32.8. The lowest BCUT2D eigenvalue weighted by molar-refractivity contribution is -0.144. The topological polar surface area (TPSA) is 26.3 Å². The molecule has 0 heterocycles. The van der Waals surface area contributed by atoms with Crippen molar-refractivity contribution in [2.45, 2.75) is 24.7 Å². The summed E-state index contributed by atoms with van der Waals surface area (Å²) in [5.74, 6) is 2.28. The Balaban J connectivity index is 2.18. The molecule has 0 aliphatic rings. The summed E-state index contributed by atoms with van der Waals surface area (Å²) in [5, 5.41) is -2.03. The molecule has 232 valence electrons. The van der Waals surface area contributed by atoms with Crippen LogP contribution in [-0.4, -0.2) is 7.11 Å². The third kappa shape index (κ3) is 6.68. The lowest BCUT2D eigenvalue weighted by Gasteiger charge is -2.21. The first-order valence-electron chi connectivity index (χ1n) is 11.9. The van der Waals surface area contributed by atoms with Crippen LogP contribution in [0.4, 0.5) is 52.7 Å². The minimum atomic E-state index is -5.50. The van der Waals surface area contributed by atoms with Crippen molar-refractivity contribution < 1.29 is 62.0 Å². The second kappa shape index (κ2) is 11.1. The number of alkyl halides is 12. The molecule has 4 rings (SSSR count). The molecule has 0 fully saturated rings. The summed E-state index contributed by atoms with van der Waals surface area (Å²) in [5.41, 5.74) is -6.16. The van der Waals surface area contributed by atoms with Crippen LogP contribution in [0.25, 0.3) is 10.8 Å². The van der Waals surface area contributed by atoms with Gasteiger partial charge >= 0.3 is 24.7 Å². The third-order valence-corrected chi connectivity index (χ3v) is 8.72. The first-order valence-corrected chi connectivity index (χ1v) is 13.6. The Morgan fingerprint density at radius 3 is 1.39 bits per heavy atom. The SMILES string of the molecule is COc1ccc2ccccc2c1C#CP(=O)(c1cc(C(F)(F)F)cc(C(F)(F)F)c1)c1cc(C(F)(F)F)cc(C(F)(F)F)c1. The quantitative estimate of drug-likeness (QED) is 0.125. The second-order valence-corrected chi connectivity index (χ2v) is 11.7. The van der Waals surface area contributed by atoms with Gasteiger partial charge in [0.05, 0.1) is 34.9 Å². The number of rotatable bonds is 3. The zero-order valence-corrected chi connectivity index (χ0v) is 22.6. The van der Waals surface area contributed by atoms with E-state index in [1.54, 1.807) is 18.2 Å². The maximum atomic E-state index is 14.6. The molecule has 0 saturated heterocycles. The normalized spacial score (nSPS) is 13.0. The number of methoxy groups -OCH3 is 1. The lowest BCUT2D eigenvalue weighted by Crippen LogP contribution is -2.23. The molecule has 0 N–H and O–H groups in total. The highest BCUT2D eigenvalue weighted by Crippen LogP contribution is 2.48. The van der Waals surface area contributed by atoms with Crippen LogP contribution in [0.1, 0.15) is 27.8 Å². The van der Waals surface area contributed by atoms with Crippen molar-refractivity contribution >= 4 is 28.5 Å². The largest absolute Gasteiger partial charge is 0.495 e. The highest BCUT2D eigenvalue weighted by molar-refractivity contribution is 7.83. The van der Waals surface area contributed by atoms with Gasteiger partial charge in [0.1, 0.15) is 5.75 Å². The van der Waals surface area contributed by atoms with E-state index in [1.165, 1.54) is 25.3 Å². The Bertz CT molecular complexity index is 1690. The van der Waals surface area contributed by atoms with Crippen LogP contribution < -0.4 is 15.3 Å². The average Bonchev–Trinajstić information content (AvgIpc) is 2.93. The average molecular weight is 654 g/mol. The van der Waals surface area contributed by atoms with Gasteiger partial charge in [-0.15, -0.1) is 0 Å². The Hall–Kier alpha value is -4.11. The maximum absolute atomic E-state index is 14.6. The molecule has 0 aromatic heterocycles. The molecule has 15 heteroatoms. The predicted octanol–water partition coefficient (Wildman–Crippen LogP) is 9.25. The van der Waals surface area contributed by atoms with Crippen LogP contribution in [0.3, 0.4) is 0 Å². The van der Waals surface area contributed by atoms with Crippen molar-refractivity contribution in [3.63, 3.8) is 0 Å². The molecule has 0 amide bonds. The van der Waals surface area contributed by atoms with Gasteiger partial charge in [-0.25, -0.2) is 0 Å². The molecular formula is C29H15F12O2P. The van der Waals surface area contributed by atoms with E-state index in [0.29, 0.717) is 5.39 Å². The summed E-state index contributed by atoms with van der Waals surface area (Å²) in [6.45, 7) is 0. The zero-order valence-electron chi connectivity index (χ0n) is 21.7. The van der Waals surface area contributed by atoms with E-state index in [1.807, 2.05) is 5.66 Å². The zero-order chi connectivity index (χ0) is 32.9. The smallest absolute Gasteiger partial charge is 0.416 e. The van der Waals surface area contributed by atoms with Crippen molar-refractivity contribution in [3.05, 3.63) is 101 Å². The molecule has 44 heavy (non-hydrogen) atoms. The van der Waals surface area contributed by atoms with Crippen molar-refractivity contribution in [1.82, 2.24) is 0 Å². The monoisotopic (exact) mass is 654 g/mol. The fraction of sp³-hybridized carbons (Fsp3) is 0.172. The minimum absolute atomic E-state index is 0.0391. The van der Waals surface area contributed by atoms with Gasteiger partial charge in [-0.05, 0) is 53.5 Å².